The van der Waals surface area contributed by atoms with E-state index in [0.717, 1.165) is 11.3 Å². The first kappa shape index (κ1) is 11.5. The third-order valence-corrected chi connectivity index (χ3v) is 5.28. The van der Waals surface area contributed by atoms with E-state index in [9.17, 15) is 13.2 Å². The summed E-state index contributed by atoms with van der Waals surface area (Å²) >= 11 is 1.09. The van der Waals surface area contributed by atoms with Crippen molar-refractivity contribution in [3.63, 3.8) is 0 Å². The van der Waals surface area contributed by atoms with Gasteiger partial charge in [-0.2, -0.15) is 0 Å². The van der Waals surface area contributed by atoms with Crippen molar-refractivity contribution >= 4 is 27.1 Å². The lowest BCUT2D eigenvalue weighted by molar-refractivity contribution is 0.0700. The molecule has 0 bridgehead atoms. The smallest absolute Gasteiger partial charge is 0.347 e. The molecule has 2 rings (SSSR count). The van der Waals surface area contributed by atoms with Crippen LogP contribution in [0.5, 0.6) is 0 Å². The number of carboxylic acids is 1. The lowest BCUT2D eigenvalue weighted by Gasteiger charge is -2.20. The molecule has 5 nitrogen and oxygen atoms in total. The highest BCUT2D eigenvalue weighted by Gasteiger charge is 2.29. The maximum Gasteiger partial charge on any atom is 0.347 e. The topological polar surface area (TPSA) is 84.3 Å². The molecule has 0 spiro atoms. The quantitative estimate of drug-likeness (QED) is 0.862. The highest BCUT2D eigenvalue weighted by atomic mass is 32.2. The average Bonchev–Trinajstić information content (AvgIpc) is 2.66. The van der Waals surface area contributed by atoms with E-state index in [-0.39, 0.29) is 22.3 Å². The Morgan fingerprint density at radius 1 is 1.44 bits per heavy atom. The zero-order valence-corrected chi connectivity index (χ0v) is 10.1. The molecule has 0 aliphatic carbocycles. The summed E-state index contributed by atoms with van der Waals surface area (Å²) in [4.78, 5) is 15.2. The molecule has 1 aliphatic rings. The SMILES string of the molecule is O=C(O)c1scnc1C1CCS(=O)(=O)CC1. The Balaban J connectivity index is 2.20. The van der Waals surface area contributed by atoms with E-state index in [0.29, 0.717) is 18.5 Å². The predicted octanol–water partition coefficient (Wildman–Crippen LogP) is 1.13. The Kier molecular flexibility index (Phi) is 2.98. The minimum atomic E-state index is -2.91. The van der Waals surface area contributed by atoms with Crippen LogP contribution in [0, 0.1) is 0 Å². The van der Waals surface area contributed by atoms with Crippen molar-refractivity contribution in [2.24, 2.45) is 0 Å². The van der Waals surface area contributed by atoms with Gasteiger partial charge in [0.2, 0.25) is 0 Å². The number of thiazole rings is 1. The summed E-state index contributed by atoms with van der Waals surface area (Å²) < 4.78 is 22.5. The van der Waals surface area contributed by atoms with Gasteiger partial charge >= 0.3 is 5.97 Å². The van der Waals surface area contributed by atoms with Crippen molar-refractivity contribution in [2.75, 3.05) is 11.5 Å². The van der Waals surface area contributed by atoms with Gasteiger partial charge < -0.3 is 5.11 Å². The Hall–Kier alpha value is -0.950. The molecule has 1 fully saturated rings. The number of hydrogen-bond acceptors (Lipinski definition) is 5. The van der Waals surface area contributed by atoms with Gasteiger partial charge in [0.1, 0.15) is 14.7 Å². The van der Waals surface area contributed by atoms with Gasteiger partial charge in [-0.15, -0.1) is 11.3 Å². The summed E-state index contributed by atoms with van der Waals surface area (Å²) in [7, 11) is -2.91. The first-order chi connectivity index (χ1) is 7.49. The number of hydrogen-bond donors (Lipinski definition) is 1. The first-order valence-corrected chi connectivity index (χ1v) is 7.57. The van der Waals surface area contributed by atoms with E-state index in [1.807, 2.05) is 0 Å². The van der Waals surface area contributed by atoms with Gasteiger partial charge in [0.15, 0.2) is 0 Å². The van der Waals surface area contributed by atoms with Crippen LogP contribution in [0.4, 0.5) is 0 Å². The van der Waals surface area contributed by atoms with Crippen LogP contribution < -0.4 is 0 Å². The molecule has 0 atom stereocenters. The Bertz CT molecular complexity index is 491. The molecule has 0 amide bonds. The van der Waals surface area contributed by atoms with Crippen LogP contribution in [0.25, 0.3) is 0 Å². The Labute approximate surface area is 97.1 Å². The first-order valence-electron chi connectivity index (χ1n) is 4.87. The minimum absolute atomic E-state index is 0.0270. The summed E-state index contributed by atoms with van der Waals surface area (Å²) in [5.41, 5.74) is 2.05. The van der Waals surface area contributed by atoms with Crippen LogP contribution >= 0.6 is 11.3 Å². The number of aromatic carboxylic acids is 1. The van der Waals surface area contributed by atoms with Crippen molar-refractivity contribution in [3.8, 4) is 0 Å². The molecule has 88 valence electrons. The molecule has 1 aliphatic heterocycles. The molecule has 1 aromatic rings. The van der Waals surface area contributed by atoms with Crippen molar-refractivity contribution < 1.29 is 18.3 Å². The molecular weight excluding hydrogens is 250 g/mol. The third-order valence-electron chi connectivity index (χ3n) is 2.73. The van der Waals surface area contributed by atoms with Crippen molar-refractivity contribution in [2.45, 2.75) is 18.8 Å². The monoisotopic (exact) mass is 261 g/mol. The minimum Gasteiger partial charge on any atom is -0.477 e. The van der Waals surface area contributed by atoms with E-state index in [4.69, 9.17) is 5.11 Å². The molecule has 16 heavy (non-hydrogen) atoms. The average molecular weight is 261 g/mol. The van der Waals surface area contributed by atoms with E-state index in [1.165, 1.54) is 5.51 Å². The standard InChI is InChI=1S/C9H11NO4S2/c11-9(12)8-7(10-5-15-8)6-1-3-16(13,14)4-2-6/h5-6H,1-4H2,(H,11,12). The Morgan fingerprint density at radius 2 is 2.06 bits per heavy atom. The normalized spacial score (nSPS) is 20.8. The van der Waals surface area contributed by atoms with Crippen LogP contribution in [-0.2, 0) is 9.84 Å². The second-order valence-electron chi connectivity index (χ2n) is 3.80. The molecule has 0 unspecified atom stereocenters. The number of nitrogens with zero attached hydrogens (tertiary/aromatic N) is 1. The maximum atomic E-state index is 11.3. The third kappa shape index (κ3) is 2.25. The molecule has 1 N–H and O–H groups in total. The number of sulfone groups is 1. The summed E-state index contributed by atoms with van der Waals surface area (Å²) in [6, 6.07) is 0. The van der Waals surface area contributed by atoms with Gasteiger partial charge in [-0.05, 0) is 12.8 Å². The van der Waals surface area contributed by atoms with E-state index in [1.54, 1.807) is 0 Å². The van der Waals surface area contributed by atoms with Gasteiger partial charge in [0.25, 0.3) is 0 Å². The van der Waals surface area contributed by atoms with Gasteiger partial charge in [-0.3, -0.25) is 0 Å². The predicted molar refractivity (Wildman–Crippen MR) is 59.7 cm³/mol. The van der Waals surface area contributed by atoms with Crippen molar-refractivity contribution in [1.29, 1.82) is 0 Å². The maximum absolute atomic E-state index is 11.3. The largest absolute Gasteiger partial charge is 0.477 e. The zero-order chi connectivity index (χ0) is 11.8. The molecule has 0 saturated carbocycles. The van der Waals surface area contributed by atoms with E-state index >= 15 is 0 Å². The van der Waals surface area contributed by atoms with Crippen molar-refractivity contribution in [1.82, 2.24) is 4.98 Å². The molecule has 1 aromatic heterocycles. The number of carboxylic acid groups (broad SMARTS) is 1. The van der Waals surface area contributed by atoms with Gasteiger partial charge in [-0.25, -0.2) is 18.2 Å². The van der Waals surface area contributed by atoms with Gasteiger partial charge in [0.05, 0.1) is 22.7 Å². The van der Waals surface area contributed by atoms with Crippen LogP contribution in [0.3, 0.4) is 0 Å². The van der Waals surface area contributed by atoms with Crippen molar-refractivity contribution in [3.05, 3.63) is 16.1 Å². The van der Waals surface area contributed by atoms with Gasteiger partial charge in [-0.1, -0.05) is 0 Å². The molecule has 0 radical (unpaired) electrons. The second kappa shape index (κ2) is 4.14. The second-order valence-corrected chi connectivity index (χ2v) is 6.96. The molecule has 7 heteroatoms. The fourth-order valence-electron chi connectivity index (χ4n) is 1.87. The van der Waals surface area contributed by atoms with Crippen LogP contribution in [-0.4, -0.2) is 36.0 Å². The highest BCUT2D eigenvalue weighted by molar-refractivity contribution is 7.91. The van der Waals surface area contributed by atoms with E-state index < -0.39 is 15.8 Å². The van der Waals surface area contributed by atoms with E-state index in [2.05, 4.69) is 4.98 Å². The Morgan fingerprint density at radius 3 is 2.62 bits per heavy atom. The molecule has 0 aromatic carbocycles. The number of carbonyl (C=O) groups is 1. The summed E-state index contributed by atoms with van der Waals surface area (Å²) in [6.45, 7) is 0. The fraction of sp³-hybridized carbons (Fsp3) is 0.556. The van der Waals surface area contributed by atoms with Crippen LogP contribution in [0.1, 0.15) is 34.1 Å². The zero-order valence-electron chi connectivity index (χ0n) is 8.42. The number of rotatable bonds is 2. The highest BCUT2D eigenvalue weighted by Crippen LogP contribution is 2.31. The molecular formula is C9H11NO4S2. The lowest BCUT2D eigenvalue weighted by Crippen LogP contribution is -2.23. The van der Waals surface area contributed by atoms with Crippen LogP contribution in [0.15, 0.2) is 5.51 Å². The summed E-state index contributed by atoms with van der Waals surface area (Å²) in [6.07, 6.45) is 0.957. The lowest BCUT2D eigenvalue weighted by atomic mass is 9.98. The molecule has 1 saturated heterocycles. The fourth-order valence-corrected chi connectivity index (χ4v) is 4.07. The summed E-state index contributed by atoms with van der Waals surface area (Å²) in [5.74, 6) is -0.741. The summed E-state index contributed by atoms with van der Waals surface area (Å²) in [5, 5.41) is 8.94. The van der Waals surface area contributed by atoms with Gasteiger partial charge in [0, 0.05) is 5.92 Å². The number of aromatic nitrogens is 1. The van der Waals surface area contributed by atoms with Crippen LogP contribution in [0.2, 0.25) is 0 Å². The molecule has 2 heterocycles.